The van der Waals surface area contributed by atoms with Crippen LogP contribution in [0.4, 0.5) is 19.0 Å². The number of ether oxygens (including phenoxy) is 2. The maximum atomic E-state index is 12.9. The number of benzene rings is 2. The zero-order chi connectivity index (χ0) is 23.6. The smallest absolute Gasteiger partial charge is 0.496 e. The van der Waals surface area contributed by atoms with Crippen LogP contribution in [0.1, 0.15) is 34.3 Å². The van der Waals surface area contributed by atoms with E-state index in [0.717, 1.165) is 0 Å². The van der Waals surface area contributed by atoms with Gasteiger partial charge in [0.1, 0.15) is 17.3 Å². The number of hydrogen-bond donors (Lipinski definition) is 1. The van der Waals surface area contributed by atoms with Gasteiger partial charge in [0.15, 0.2) is 5.78 Å². The summed E-state index contributed by atoms with van der Waals surface area (Å²) in [6.07, 6.45) is -2.29. The van der Waals surface area contributed by atoms with Gasteiger partial charge in [0.25, 0.3) is 0 Å². The van der Waals surface area contributed by atoms with Gasteiger partial charge in [-0.1, -0.05) is 24.3 Å². The maximum Gasteiger partial charge on any atom is 0.573 e. The average Bonchev–Trinajstić information content (AvgIpc) is 3.61. The van der Waals surface area contributed by atoms with Crippen molar-refractivity contribution < 1.29 is 32.2 Å². The molecule has 9 heteroatoms. The van der Waals surface area contributed by atoms with Crippen molar-refractivity contribution in [3.8, 4) is 11.5 Å². The molecule has 0 unspecified atom stereocenters. The monoisotopic (exact) mass is 456 g/mol. The molecule has 170 valence electrons. The molecule has 6 nitrogen and oxygen atoms in total. The van der Waals surface area contributed by atoms with Crippen LogP contribution in [-0.2, 0) is 10.2 Å². The summed E-state index contributed by atoms with van der Waals surface area (Å²) < 4.78 is 46.1. The van der Waals surface area contributed by atoms with Crippen LogP contribution in [0.5, 0.6) is 11.5 Å². The van der Waals surface area contributed by atoms with Crippen molar-refractivity contribution in [3.63, 3.8) is 0 Å². The number of hydrogen-bond acceptors (Lipinski definition) is 5. The number of carbonyl (C=O) groups excluding carboxylic acids is 2. The standard InChI is InChI=1S/C24H19F3N2O4/c1-32-19-5-3-2-4-18(19)21(30)15-6-11-20(28-14-15)29-22(31)23(12-13-23)16-7-9-17(10-8-16)33-24(25,26)27/h2-11,14H,12-13H2,1H3,(H,28,29,31). The van der Waals surface area contributed by atoms with Gasteiger partial charge in [0.05, 0.1) is 18.1 Å². The SMILES string of the molecule is COc1ccccc1C(=O)c1ccc(NC(=O)C2(c3ccc(OC(F)(F)F)cc3)CC2)nc1. The highest BCUT2D eigenvalue weighted by molar-refractivity contribution is 6.10. The van der Waals surface area contributed by atoms with Crippen molar-refractivity contribution in [2.45, 2.75) is 24.6 Å². The second-order valence-electron chi connectivity index (χ2n) is 7.57. The van der Waals surface area contributed by atoms with E-state index >= 15 is 0 Å². The predicted octanol–water partition coefficient (Wildman–Crippen LogP) is 4.89. The van der Waals surface area contributed by atoms with Crippen molar-refractivity contribution in [1.82, 2.24) is 4.98 Å². The Bertz CT molecular complexity index is 1170. The maximum absolute atomic E-state index is 12.9. The van der Waals surface area contributed by atoms with Gasteiger partial charge in [-0.3, -0.25) is 9.59 Å². The van der Waals surface area contributed by atoms with Gasteiger partial charge < -0.3 is 14.8 Å². The van der Waals surface area contributed by atoms with E-state index in [0.29, 0.717) is 35.3 Å². The van der Waals surface area contributed by atoms with Gasteiger partial charge in [-0.2, -0.15) is 0 Å². The minimum absolute atomic E-state index is 0.264. The van der Waals surface area contributed by atoms with Crippen LogP contribution in [0.15, 0.2) is 66.9 Å². The number of para-hydroxylation sites is 1. The Labute approximate surface area is 187 Å². The summed E-state index contributed by atoms with van der Waals surface area (Å²) in [7, 11) is 1.48. The molecule has 1 aliphatic carbocycles. The van der Waals surface area contributed by atoms with Crippen molar-refractivity contribution in [2.75, 3.05) is 12.4 Å². The first kappa shape index (κ1) is 22.3. The van der Waals surface area contributed by atoms with Gasteiger partial charge in [-0.05, 0) is 54.8 Å². The summed E-state index contributed by atoms with van der Waals surface area (Å²) >= 11 is 0. The van der Waals surface area contributed by atoms with E-state index in [-0.39, 0.29) is 23.3 Å². The van der Waals surface area contributed by atoms with Crippen molar-refractivity contribution in [3.05, 3.63) is 83.6 Å². The third kappa shape index (κ3) is 4.82. The van der Waals surface area contributed by atoms with Crippen molar-refractivity contribution in [2.24, 2.45) is 0 Å². The fourth-order valence-electron chi connectivity index (χ4n) is 3.57. The second kappa shape index (κ2) is 8.57. The van der Waals surface area contributed by atoms with E-state index in [1.165, 1.54) is 43.6 Å². The zero-order valence-corrected chi connectivity index (χ0v) is 17.5. The van der Waals surface area contributed by atoms with E-state index < -0.39 is 11.8 Å². The van der Waals surface area contributed by atoms with Crippen LogP contribution in [0.25, 0.3) is 0 Å². The number of methoxy groups -OCH3 is 1. The summed E-state index contributed by atoms with van der Waals surface area (Å²) in [5, 5.41) is 2.73. The molecule has 4 rings (SSSR count). The van der Waals surface area contributed by atoms with Gasteiger partial charge in [-0.25, -0.2) is 4.98 Å². The molecule has 0 atom stereocenters. The second-order valence-corrected chi connectivity index (χ2v) is 7.57. The number of nitrogens with one attached hydrogen (secondary N) is 1. The summed E-state index contributed by atoms with van der Waals surface area (Å²) in [5.41, 5.74) is 0.495. The van der Waals surface area contributed by atoms with E-state index in [1.807, 2.05) is 0 Å². The quantitative estimate of drug-likeness (QED) is 0.513. The fourth-order valence-corrected chi connectivity index (χ4v) is 3.57. The summed E-state index contributed by atoms with van der Waals surface area (Å²) in [6.45, 7) is 0. The number of aromatic nitrogens is 1. The molecule has 1 N–H and O–H groups in total. The highest BCUT2D eigenvalue weighted by atomic mass is 19.4. The topological polar surface area (TPSA) is 77.5 Å². The fraction of sp³-hybridized carbons (Fsp3) is 0.208. The molecule has 1 heterocycles. The Morgan fingerprint density at radius 2 is 1.70 bits per heavy atom. The molecule has 1 amide bonds. The Hall–Kier alpha value is -3.88. The first-order valence-corrected chi connectivity index (χ1v) is 10.0. The van der Waals surface area contributed by atoms with Gasteiger partial charge in [0, 0.05) is 11.8 Å². The van der Waals surface area contributed by atoms with E-state index in [4.69, 9.17) is 4.74 Å². The molecule has 0 bridgehead atoms. The van der Waals surface area contributed by atoms with Crippen LogP contribution >= 0.6 is 0 Å². The molecule has 1 aliphatic rings. The largest absolute Gasteiger partial charge is 0.573 e. The number of halogens is 3. The summed E-state index contributed by atoms with van der Waals surface area (Å²) in [4.78, 5) is 29.8. The average molecular weight is 456 g/mol. The normalized spacial score (nSPS) is 14.3. The van der Waals surface area contributed by atoms with Crippen LogP contribution in [-0.4, -0.2) is 30.1 Å². The zero-order valence-electron chi connectivity index (χ0n) is 17.5. The van der Waals surface area contributed by atoms with E-state index in [9.17, 15) is 22.8 Å². The molecule has 1 fully saturated rings. The van der Waals surface area contributed by atoms with Crippen LogP contribution in [0, 0.1) is 0 Å². The summed E-state index contributed by atoms with van der Waals surface area (Å²) in [5.74, 6) is -0.220. The minimum Gasteiger partial charge on any atom is -0.496 e. The molecular weight excluding hydrogens is 437 g/mol. The van der Waals surface area contributed by atoms with Gasteiger partial charge in [0.2, 0.25) is 5.91 Å². The Balaban J connectivity index is 1.45. The third-order valence-corrected chi connectivity index (χ3v) is 5.44. The first-order chi connectivity index (χ1) is 15.7. The lowest BCUT2D eigenvalue weighted by atomic mass is 9.95. The van der Waals surface area contributed by atoms with Crippen molar-refractivity contribution >= 4 is 17.5 Å². The van der Waals surface area contributed by atoms with Crippen LogP contribution in [0.3, 0.4) is 0 Å². The first-order valence-electron chi connectivity index (χ1n) is 10.0. The number of rotatable bonds is 7. The van der Waals surface area contributed by atoms with E-state index in [1.54, 1.807) is 30.3 Å². The number of pyridine rings is 1. The number of carbonyl (C=O) groups is 2. The number of amides is 1. The highest BCUT2D eigenvalue weighted by Crippen LogP contribution is 2.49. The Kier molecular flexibility index (Phi) is 5.80. The number of alkyl halides is 3. The number of anilines is 1. The molecule has 1 aromatic heterocycles. The molecular formula is C24H19F3N2O4. The Morgan fingerprint density at radius 3 is 2.27 bits per heavy atom. The molecule has 0 aliphatic heterocycles. The van der Waals surface area contributed by atoms with Gasteiger partial charge in [-0.15, -0.1) is 13.2 Å². The lowest BCUT2D eigenvalue weighted by molar-refractivity contribution is -0.274. The lowest BCUT2D eigenvalue weighted by Gasteiger charge is -2.16. The number of nitrogens with zero attached hydrogens (tertiary/aromatic N) is 1. The molecule has 2 aromatic carbocycles. The van der Waals surface area contributed by atoms with E-state index in [2.05, 4.69) is 15.0 Å². The molecule has 0 saturated heterocycles. The van der Waals surface area contributed by atoms with Crippen LogP contribution < -0.4 is 14.8 Å². The van der Waals surface area contributed by atoms with Crippen molar-refractivity contribution in [1.29, 1.82) is 0 Å². The summed E-state index contributed by atoms with van der Waals surface area (Å²) in [6, 6.07) is 15.2. The molecule has 33 heavy (non-hydrogen) atoms. The Morgan fingerprint density at radius 1 is 1.00 bits per heavy atom. The molecule has 0 radical (unpaired) electrons. The lowest BCUT2D eigenvalue weighted by Crippen LogP contribution is -2.28. The third-order valence-electron chi connectivity index (χ3n) is 5.44. The minimum atomic E-state index is -4.78. The number of ketones is 1. The van der Waals surface area contributed by atoms with Gasteiger partial charge >= 0.3 is 6.36 Å². The molecule has 0 spiro atoms. The highest BCUT2D eigenvalue weighted by Gasteiger charge is 2.51. The molecule has 3 aromatic rings. The van der Waals surface area contributed by atoms with Crippen LogP contribution in [0.2, 0.25) is 0 Å². The molecule has 1 saturated carbocycles. The predicted molar refractivity (Wildman–Crippen MR) is 113 cm³/mol.